The van der Waals surface area contributed by atoms with Crippen molar-refractivity contribution < 1.29 is 9.47 Å². The van der Waals surface area contributed by atoms with Crippen LogP contribution < -0.4 is 9.47 Å². The molecule has 4 nitrogen and oxygen atoms in total. The predicted octanol–water partition coefficient (Wildman–Crippen LogP) is 3.02. The standard InChI is InChI=1S/C15H14N2O2/c1-18-11-7-8-15-16-13(10-17(15)9-11)12-5-3-4-6-14(12)19-2/h3-10H,1-2H3. The summed E-state index contributed by atoms with van der Waals surface area (Å²) in [6, 6.07) is 11.7. The molecular weight excluding hydrogens is 240 g/mol. The molecule has 0 N–H and O–H groups in total. The van der Waals surface area contributed by atoms with Crippen molar-refractivity contribution in [3.8, 4) is 22.8 Å². The van der Waals surface area contributed by atoms with E-state index in [1.54, 1.807) is 14.2 Å². The number of rotatable bonds is 3. The van der Waals surface area contributed by atoms with Gasteiger partial charge in [-0.25, -0.2) is 4.98 Å². The largest absolute Gasteiger partial charge is 0.496 e. The lowest BCUT2D eigenvalue weighted by molar-refractivity contribution is 0.412. The fourth-order valence-electron chi connectivity index (χ4n) is 2.08. The van der Waals surface area contributed by atoms with Gasteiger partial charge >= 0.3 is 0 Å². The minimum atomic E-state index is 0.802. The summed E-state index contributed by atoms with van der Waals surface area (Å²) < 4.78 is 12.5. The number of methoxy groups -OCH3 is 2. The smallest absolute Gasteiger partial charge is 0.137 e. The highest BCUT2D eigenvalue weighted by Crippen LogP contribution is 2.29. The normalized spacial score (nSPS) is 10.6. The molecule has 0 aliphatic rings. The Hall–Kier alpha value is -2.49. The summed E-state index contributed by atoms with van der Waals surface area (Å²) in [5.74, 6) is 1.62. The van der Waals surface area contributed by atoms with Crippen LogP contribution in [0.25, 0.3) is 16.9 Å². The van der Waals surface area contributed by atoms with Crippen molar-refractivity contribution in [1.82, 2.24) is 9.38 Å². The van der Waals surface area contributed by atoms with Crippen LogP contribution in [-0.4, -0.2) is 23.6 Å². The van der Waals surface area contributed by atoms with Crippen molar-refractivity contribution in [2.45, 2.75) is 0 Å². The van der Waals surface area contributed by atoms with Crippen LogP contribution in [0.3, 0.4) is 0 Å². The molecule has 0 unspecified atom stereocenters. The van der Waals surface area contributed by atoms with Gasteiger partial charge in [0.1, 0.15) is 17.1 Å². The van der Waals surface area contributed by atoms with E-state index in [1.807, 2.05) is 53.2 Å². The maximum Gasteiger partial charge on any atom is 0.137 e. The van der Waals surface area contributed by atoms with Crippen molar-refractivity contribution >= 4 is 5.65 Å². The Morgan fingerprint density at radius 2 is 1.79 bits per heavy atom. The van der Waals surface area contributed by atoms with Gasteiger partial charge < -0.3 is 13.9 Å². The Labute approximate surface area is 111 Å². The first kappa shape index (κ1) is 11.6. The molecule has 0 amide bonds. The van der Waals surface area contributed by atoms with Gasteiger partial charge in [-0.05, 0) is 24.3 Å². The van der Waals surface area contributed by atoms with E-state index in [0.717, 1.165) is 28.4 Å². The molecule has 0 aliphatic carbocycles. The summed E-state index contributed by atoms with van der Waals surface area (Å²) in [5, 5.41) is 0. The molecular formula is C15H14N2O2. The molecule has 2 aromatic heterocycles. The van der Waals surface area contributed by atoms with Crippen LogP contribution in [0, 0.1) is 0 Å². The lowest BCUT2D eigenvalue weighted by Gasteiger charge is -2.04. The Balaban J connectivity index is 2.15. The van der Waals surface area contributed by atoms with Crippen LogP contribution in [0.4, 0.5) is 0 Å². The summed E-state index contributed by atoms with van der Waals surface area (Å²) in [7, 11) is 3.32. The van der Waals surface area contributed by atoms with Gasteiger partial charge in [0.15, 0.2) is 0 Å². The van der Waals surface area contributed by atoms with Gasteiger partial charge in [0.25, 0.3) is 0 Å². The second-order valence-corrected chi connectivity index (χ2v) is 4.16. The molecule has 3 aromatic rings. The summed E-state index contributed by atoms with van der Waals surface area (Å²) in [6.45, 7) is 0. The fourth-order valence-corrected chi connectivity index (χ4v) is 2.08. The average molecular weight is 254 g/mol. The van der Waals surface area contributed by atoms with Gasteiger partial charge in [0.05, 0.1) is 26.1 Å². The van der Waals surface area contributed by atoms with E-state index < -0.39 is 0 Å². The van der Waals surface area contributed by atoms with Crippen molar-refractivity contribution in [3.05, 3.63) is 48.8 Å². The Bertz CT molecular complexity index is 719. The van der Waals surface area contributed by atoms with Crippen LogP contribution >= 0.6 is 0 Å². The molecule has 0 aliphatic heterocycles. The van der Waals surface area contributed by atoms with Gasteiger partial charge in [-0.3, -0.25) is 0 Å². The third-order valence-electron chi connectivity index (χ3n) is 3.04. The van der Waals surface area contributed by atoms with Crippen LogP contribution in [-0.2, 0) is 0 Å². The van der Waals surface area contributed by atoms with Crippen LogP contribution in [0.2, 0.25) is 0 Å². The highest BCUT2D eigenvalue weighted by Gasteiger charge is 2.09. The predicted molar refractivity (Wildman–Crippen MR) is 73.7 cm³/mol. The third-order valence-corrected chi connectivity index (χ3v) is 3.04. The summed E-state index contributed by atoms with van der Waals surface area (Å²) in [4.78, 5) is 4.59. The molecule has 3 rings (SSSR count). The van der Waals surface area contributed by atoms with E-state index in [9.17, 15) is 0 Å². The first-order valence-corrected chi connectivity index (χ1v) is 5.98. The first-order valence-electron chi connectivity index (χ1n) is 5.98. The van der Waals surface area contributed by atoms with Gasteiger partial charge in [-0.1, -0.05) is 12.1 Å². The summed E-state index contributed by atoms with van der Waals surface area (Å²) in [5.41, 5.74) is 2.74. The number of aromatic nitrogens is 2. The number of ether oxygens (including phenoxy) is 2. The SMILES string of the molecule is COc1ccc2nc(-c3ccccc3OC)cn2c1. The van der Waals surface area contributed by atoms with Crippen molar-refractivity contribution in [2.75, 3.05) is 14.2 Å². The van der Waals surface area contributed by atoms with E-state index >= 15 is 0 Å². The number of hydrogen-bond donors (Lipinski definition) is 0. The van der Waals surface area contributed by atoms with Gasteiger partial charge in [-0.2, -0.15) is 0 Å². The van der Waals surface area contributed by atoms with E-state index in [2.05, 4.69) is 4.98 Å². The first-order chi connectivity index (χ1) is 9.31. The van der Waals surface area contributed by atoms with Crippen LogP contribution in [0.1, 0.15) is 0 Å². The van der Waals surface area contributed by atoms with E-state index in [1.165, 1.54) is 0 Å². The molecule has 1 aromatic carbocycles. The lowest BCUT2D eigenvalue weighted by atomic mass is 10.1. The minimum Gasteiger partial charge on any atom is -0.496 e. The number of nitrogens with zero attached hydrogens (tertiary/aromatic N) is 2. The highest BCUT2D eigenvalue weighted by molar-refractivity contribution is 5.69. The van der Waals surface area contributed by atoms with Crippen molar-refractivity contribution in [3.63, 3.8) is 0 Å². The zero-order valence-electron chi connectivity index (χ0n) is 10.8. The van der Waals surface area contributed by atoms with Crippen LogP contribution in [0.15, 0.2) is 48.8 Å². The molecule has 0 spiro atoms. The molecule has 0 bridgehead atoms. The molecule has 0 saturated heterocycles. The second kappa shape index (κ2) is 4.65. The summed E-state index contributed by atoms with van der Waals surface area (Å²) >= 11 is 0. The van der Waals surface area contributed by atoms with Gasteiger partial charge in [0, 0.05) is 11.8 Å². The number of benzene rings is 1. The number of imidazole rings is 1. The maximum absolute atomic E-state index is 5.37. The van der Waals surface area contributed by atoms with Crippen molar-refractivity contribution in [1.29, 1.82) is 0 Å². The van der Waals surface area contributed by atoms with Gasteiger partial charge in [0.2, 0.25) is 0 Å². The zero-order chi connectivity index (χ0) is 13.2. The molecule has 0 radical (unpaired) electrons. The average Bonchev–Trinajstić information content (AvgIpc) is 2.89. The molecule has 0 fully saturated rings. The van der Waals surface area contributed by atoms with E-state index in [-0.39, 0.29) is 0 Å². The summed E-state index contributed by atoms with van der Waals surface area (Å²) in [6.07, 6.45) is 3.87. The third kappa shape index (κ3) is 2.01. The number of hydrogen-bond acceptors (Lipinski definition) is 3. The quantitative estimate of drug-likeness (QED) is 0.720. The molecule has 4 heteroatoms. The zero-order valence-corrected chi connectivity index (χ0v) is 10.8. The fraction of sp³-hybridized carbons (Fsp3) is 0.133. The Morgan fingerprint density at radius 1 is 0.947 bits per heavy atom. The molecule has 19 heavy (non-hydrogen) atoms. The molecule has 0 atom stereocenters. The molecule has 0 saturated carbocycles. The van der Waals surface area contributed by atoms with E-state index in [0.29, 0.717) is 0 Å². The second-order valence-electron chi connectivity index (χ2n) is 4.16. The molecule has 2 heterocycles. The number of para-hydroxylation sites is 1. The van der Waals surface area contributed by atoms with E-state index in [4.69, 9.17) is 9.47 Å². The topological polar surface area (TPSA) is 35.8 Å². The van der Waals surface area contributed by atoms with Crippen LogP contribution in [0.5, 0.6) is 11.5 Å². The molecule has 96 valence electrons. The number of pyridine rings is 1. The minimum absolute atomic E-state index is 0.802. The highest BCUT2D eigenvalue weighted by atomic mass is 16.5. The maximum atomic E-state index is 5.37. The Kier molecular flexibility index (Phi) is 2.83. The van der Waals surface area contributed by atoms with Crippen molar-refractivity contribution in [2.24, 2.45) is 0 Å². The number of fused-ring (bicyclic) bond motifs is 1. The Morgan fingerprint density at radius 3 is 2.58 bits per heavy atom. The monoisotopic (exact) mass is 254 g/mol. The lowest BCUT2D eigenvalue weighted by Crippen LogP contribution is -1.87. The van der Waals surface area contributed by atoms with Gasteiger partial charge in [-0.15, -0.1) is 0 Å².